The van der Waals surface area contributed by atoms with Crippen molar-refractivity contribution in [2.24, 2.45) is 11.8 Å². The molecule has 0 saturated heterocycles. The second-order valence-electron chi connectivity index (χ2n) is 4.67. The van der Waals surface area contributed by atoms with Crippen molar-refractivity contribution in [3.05, 3.63) is 22.4 Å². The quantitative estimate of drug-likeness (QED) is 0.747. The first-order valence-corrected chi connectivity index (χ1v) is 7.12. The summed E-state index contributed by atoms with van der Waals surface area (Å²) < 4.78 is 0. The van der Waals surface area contributed by atoms with Crippen molar-refractivity contribution in [1.82, 2.24) is 5.32 Å². The molecule has 2 atom stereocenters. The van der Waals surface area contributed by atoms with Crippen molar-refractivity contribution in [3.63, 3.8) is 0 Å². The summed E-state index contributed by atoms with van der Waals surface area (Å²) in [6.07, 6.45) is 4.93. The first-order valence-electron chi connectivity index (χ1n) is 6.24. The van der Waals surface area contributed by atoms with E-state index in [1.54, 1.807) is 0 Å². The lowest BCUT2D eigenvalue weighted by Gasteiger charge is -2.17. The van der Waals surface area contributed by atoms with Crippen LogP contribution in [-0.4, -0.2) is 24.8 Å². The van der Waals surface area contributed by atoms with E-state index in [0.29, 0.717) is 18.4 Å². The maximum absolute atomic E-state index is 9.22. The molecular formula is C13H21NOS. The van der Waals surface area contributed by atoms with Gasteiger partial charge in [-0.2, -0.15) is 0 Å². The Morgan fingerprint density at radius 3 is 3.00 bits per heavy atom. The molecule has 0 spiro atoms. The zero-order valence-corrected chi connectivity index (χ0v) is 10.5. The van der Waals surface area contributed by atoms with E-state index >= 15 is 0 Å². The summed E-state index contributed by atoms with van der Waals surface area (Å²) in [5.41, 5.74) is 0. The summed E-state index contributed by atoms with van der Waals surface area (Å²) in [6.45, 7) is 2.52. The molecule has 1 aromatic rings. The third-order valence-corrected chi connectivity index (χ3v) is 4.52. The number of aliphatic hydroxyl groups excluding tert-OH is 1. The lowest BCUT2D eigenvalue weighted by molar-refractivity contribution is 0.192. The van der Waals surface area contributed by atoms with E-state index in [4.69, 9.17) is 0 Å². The Balaban J connectivity index is 1.61. The second kappa shape index (κ2) is 6.38. The fraction of sp³-hybridized carbons (Fsp3) is 0.692. The molecule has 1 aromatic heterocycles. The van der Waals surface area contributed by atoms with E-state index in [-0.39, 0.29) is 0 Å². The van der Waals surface area contributed by atoms with E-state index in [1.165, 1.54) is 24.1 Å². The monoisotopic (exact) mass is 239 g/mol. The van der Waals surface area contributed by atoms with E-state index in [1.807, 2.05) is 11.3 Å². The highest BCUT2D eigenvalue weighted by atomic mass is 32.1. The largest absolute Gasteiger partial charge is 0.396 e. The number of hydrogen-bond donors (Lipinski definition) is 2. The van der Waals surface area contributed by atoms with Gasteiger partial charge < -0.3 is 10.4 Å². The van der Waals surface area contributed by atoms with Gasteiger partial charge in [0, 0.05) is 11.5 Å². The number of aliphatic hydroxyl groups is 1. The molecule has 1 heterocycles. The van der Waals surface area contributed by atoms with Gasteiger partial charge in [0.2, 0.25) is 0 Å². The summed E-state index contributed by atoms with van der Waals surface area (Å²) in [5.74, 6) is 1.25. The molecule has 1 fully saturated rings. The lowest BCUT2D eigenvalue weighted by atomic mass is 9.97. The molecule has 2 unspecified atom stereocenters. The highest BCUT2D eigenvalue weighted by molar-refractivity contribution is 7.09. The Bertz CT molecular complexity index is 286. The van der Waals surface area contributed by atoms with Gasteiger partial charge in [-0.15, -0.1) is 11.3 Å². The average molecular weight is 239 g/mol. The zero-order valence-electron chi connectivity index (χ0n) is 9.69. The third-order valence-electron chi connectivity index (χ3n) is 3.59. The molecule has 90 valence electrons. The molecule has 2 rings (SSSR count). The van der Waals surface area contributed by atoms with Crippen LogP contribution in [0.3, 0.4) is 0 Å². The Morgan fingerprint density at radius 2 is 2.25 bits per heavy atom. The maximum Gasteiger partial charge on any atom is 0.0462 e. The van der Waals surface area contributed by atoms with Gasteiger partial charge in [0.25, 0.3) is 0 Å². The molecule has 0 radical (unpaired) electrons. The van der Waals surface area contributed by atoms with E-state index in [0.717, 1.165) is 19.5 Å². The number of rotatable bonds is 6. The number of thiophene rings is 1. The molecule has 1 aliphatic carbocycles. The number of nitrogens with one attached hydrogen (secondary N) is 1. The van der Waals surface area contributed by atoms with Crippen LogP contribution in [0.1, 0.15) is 24.1 Å². The van der Waals surface area contributed by atoms with Gasteiger partial charge in [-0.25, -0.2) is 0 Å². The van der Waals surface area contributed by atoms with Crippen molar-refractivity contribution in [2.45, 2.75) is 25.7 Å². The van der Waals surface area contributed by atoms with Crippen molar-refractivity contribution in [1.29, 1.82) is 0 Å². The fourth-order valence-electron chi connectivity index (χ4n) is 2.58. The van der Waals surface area contributed by atoms with Crippen molar-refractivity contribution in [2.75, 3.05) is 19.7 Å². The topological polar surface area (TPSA) is 32.3 Å². The molecule has 2 nitrogen and oxygen atoms in total. The van der Waals surface area contributed by atoms with E-state index < -0.39 is 0 Å². The summed E-state index contributed by atoms with van der Waals surface area (Å²) in [7, 11) is 0. The molecule has 0 aromatic carbocycles. The molecule has 2 N–H and O–H groups in total. The minimum Gasteiger partial charge on any atom is -0.396 e. The van der Waals surface area contributed by atoms with Gasteiger partial charge in [0.15, 0.2) is 0 Å². The van der Waals surface area contributed by atoms with Crippen LogP contribution in [0.4, 0.5) is 0 Å². The molecule has 3 heteroatoms. The van der Waals surface area contributed by atoms with Gasteiger partial charge in [-0.3, -0.25) is 0 Å². The van der Waals surface area contributed by atoms with E-state index in [9.17, 15) is 5.11 Å². The highest BCUT2D eigenvalue weighted by Crippen LogP contribution is 2.30. The predicted molar refractivity (Wildman–Crippen MR) is 68.8 cm³/mol. The zero-order chi connectivity index (χ0) is 11.2. The molecule has 0 bridgehead atoms. The maximum atomic E-state index is 9.22. The predicted octanol–water partition coefficient (Wildman–Crippen LogP) is 2.29. The summed E-state index contributed by atoms with van der Waals surface area (Å²) in [6, 6.07) is 4.30. The van der Waals surface area contributed by atoms with Crippen molar-refractivity contribution < 1.29 is 5.11 Å². The Labute approximate surface area is 102 Å². The van der Waals surface area contributed by atoms with Gasteiger partial charge in [-0.05, 0) is 55.6 Å². The molecule has 0 amide bonds. The first-order chi connectivity index (χ1) is 7.90. The van der Waals surface area contributed by atoms with Gasteiger partial charge in [0.05, 0.1) is 0 Å². The van der Waals surface area contributed by atoms with Crippen LogP contribution >= 0.6 is 11.3 Å². The van der Waals surface area contributed by atoms with Crippen molar-refractivity contribution in [3.8, 4) is 0 Å². The Morgan fingerprint density at radius 1 is 1.38 bits per heavy atom. The van der Waals surface area contributed by atoms with Gasteiger partial charge >= 0.3 is 0 Å². The van der Waals surface area contributed by atoms with Crippen LogP contribution in [0.25, 0.3) is 0 Å². The molecule has 16 heavy (non-hydrogen) atoms. The second-order valence-corrected chi connectivity index (χ2v) is 5.70. The fourth-order valence-corrected chi connectivity index (χ4v) is 3.29. The van der Waals surface area contributed by atoms with Crippen LogP contribution < -0.4 is 5.32 Å². The normalized spacial score (nSPS) is 25.1. The van der Waals surface area contributed by atoms with Crippen LogP contribution in [0.5, 0.6) is 0 Å². The van der Waals surface area contributed by atoms with Crippen LogP contribution in [0.15, 0.2) is 17.5 Å². The summed E-state index contributed by atoms with van der Waals surface area (Å²) in [4.78, 5) is 1.46. The standard InChI is InChI=1S/C13H21NOS/c15-10-12-4-1-3-11(12)9-14-7-6-13-5-2-8-16-13/h2,5,8,11-12,14-15H,1,3-4,6-7,9-10H2. The molecular weight excluding hydrogens is 218 g/mol. The number of hydrogen-bond acceptors (Lipinski definition) is 3. The Hall–Kier alpha value is -0.380. The smallest absolute Gasteiger partial charge is 0.0462 e. The van der Waals surface area contributed by atoms with Crippen molar-refractivity contribution >= 4 is 11.3 Å². The third kappa shape index (κ3) is 3.30. The van der Waals surface area contributed by atoms with Crippen LogP contribution in [0, 0.1) is 11.8 Å². The SMILES string of the molecule is OCC1CCCC1CNCCc1cccs1. The minimum atomic E-state index is 0.372. The Kier molecular flexibility index (Phi) is 4.82. The highest BCUT2D eigenvalue weighted by Gasteiger charge is 2.25. The molecule has 0 aliphatic heterocycles. The molecule has 1 saturated carbocycles. The van der Waals surface area contributed by atoms with Crippen LogP contribution in [0.2, 0.25) is 0 Å². The first kappa shape index (κ1) is 12.1. The summed E-state index contributed by atoms with van der Waals surface area (Å²) in [5, 5.41) is 14.9. The summed E-state index contributed by atoms with van der Waals surface area (Å²) >= 11 is 1.83. The lowest BCUT2D eigenvalue weighted by Crippen LogP contribution is -2.28. The van der Waals surface area contributed by atoms with Crippen LogP contribution in [-0.2, 0) is 6.42 Å². The van der Waals surface area contributed by atoms with Gasteiger partial charge in [-0.1, -0.05) is 12.5 Å². The average Bonchev–Trinajstić information content (AvgIpc) is 2.95. The van der Waals surface area contributed by atoms with E-state index in [2.05, 4.69) is 22.8 Å². The van der Waals surface area contributed by atoms with Gasteiger partial charge in [0.1, 0.15) is 0 Å². The molecule has 1 aliphatic rings. The minimum absolute atomic E-state index is 0.372.